The Morgan fingerprint density at radius 3 is 2.29 bits per heavy atom. The number of hydrogen-bond donors (Lipinski definition) is 1. The van der Waals surface area contributed by atoms with E-state index in [1.807, 2.05) is 0 Å². The summed E-state index contributed by atoms with van der Waals surface area (Å²) in [6.07, 6.45) is -3.95. The number of rotatable bonds is 4. The molecule has 0 atom stereocenters. The van der Waals surface area contributed by atoms with Crippen LogP contribution in [0.4, 0.5) is 13.2 Å². The average Bonchev–Trinajstić information content (AvgIpc) is 2.17. The van der Waals surface area contributed by atoms with Gasteiger partial charge in [0.1, 0.15) is 6.54 Å². The molecule has 17 heavy (non-hydrogen) atoms. The molecule has 1 aliphatic rings. The van der Waals surface area contributed by atoms with Crippen LogP contribution in [-0.2, 0) is 10.2 Å². The zero-order valence-corrected chi connectivity index (χ0v) is 9.97. The first kappa shape index (κ1) is 14.7. The van der Waals surface area contributed by atoms with Gasteiger partial charge in [0.2, 0.25) is 0 Å². The van der Waals surface area contributed by atoms with Crippen molar-refractivity contribution >= 4 is 10.2 Å². The van der Waals surface area contributed by atoms with Crippen molar-refractivity contribution in [1.29, 1.82) is 0 Å². The Labute approximate surface area is 98.0 Å². The summed E-state index contributed by atoms with van der Waals surface area (Å²) >= 11 is 0. The van der Waals surface area contributed by atoms with Gasteiger partial charge >= 0.3 is 6.18 Å². The zero-order chi connectivity index (χ0) is 13.1. The van der Waals surface area contributed by atoms with E-state index in [1.54, 1.807) is 0 Å². The van der Waals surface area contributed by atoms with Gasteiger partial charge in [0.05, 0.1) is 0 Å². The summed E-state index contributed by atoms with van der Waals surface area (Å²) in [4.78, 5) is 0. The fourth-order valence-electron chi connectivity index (χ4n) is 1.65. The minimum Gasteiger partial charge on any atom is -0.396 e. The van der Waals surface area contributed by atoms with Crippen LogP contribution in [0.1, 0.15) is 12.8 Å². The molecule has 0 amide bonds. The number of hydrogen-bond acceptors (Lipinski definition) is 3. The standard InChI is InChI=1S/C8H15F3N2O3S/c9-8(10,11)7-13-4-1-3-12(5-2-6-14)17(13,15)16/h14H,1-7H2. The molecule has 1 N–H and O–H groups in total. The van der Waals surface area contributed by atoms with E-state index in [2.05, 4.69) is 0 Å². The molecule has 0 radical (unpaired) electrons. The molecule has 1 rings (SSSR count). The minimum atomic E-state index is -4.53. The van der Waals surface area contributed by atoms with Gasteiger partial charge in [0.15, 0.2) is 0 Å². The summed E-state index contributed by atoms with van der Waals surface area (Å²) in [7, 11) is -4.03. The molecule has 0 bridgehead atoms. The Morgan fingerprint density at radius 2 is 1.76 bits per heavy atom. The highest BCUT2D eigenvalue weighted by Gasteiger charge is 2.40. The number of halogens is 3. The number of aliphatic hydroxyl groups excluding tert-OH is 1. The zero-order valence-electron chi connectivity index (χ0n) is 9.15. The van der Waals surface area contributed by atoms with Gasteiger partial charge in [-0.2, -0.15) is 30.2 Å². The SMILES string of the molecule is O=S1(=O)N(CCCO)CCCN1CC(F)(F)F. The average molecular weight is 276 g/mol. The van der Waals surface area contributed by atoms with Crippen LogP contribution in [0.15, 0.2) is 0 Å². The number of alkyl halides is 3. The molecular formula is C8H15F3N2O3S. The van der Waals surface area contributed by atoms with Crippen molar-refractivity contribution in [1.82, 2.24) is 8.61 Å². The lowest BCUT2D eigenvalue weighted by molar-refractivity contribution is -0.137. The van der Waals surface area contributed by atoms with E-state index in [9.17, 15) is 21.6 Å². The highest BCUT2D eigenvalue weighted by molar-refractivity contribution is 7.86. The molecule has 0 aliphatic carbocycles. The van der Waals surface area contributed by atoms with Crippen LogP contribution in [0, 0.1) is 0 Å². The molecule has 0 aromatic heterocycles. The summed E-state index contributed by atoms with van der Waals surface area (Å²) in [5.41, 5.74) is 0. The van der Waals surface area contributed by atoms with Gasteiger partial charge in [0, 0.05) is 26.2 Å². The van der Waals surface area contributed by atoms with E-state index in [-0.39, 0.29) is 32.7 Å². The van der Waals surface area contributed by atoms with Gasteiger partial charge in [-0.3, -0.25) is 0 Å². The van der Waals surface area contributed by atoms with E-state index in [0.717, 1.165) is 4.31 Å². The van der Waals surface area contributed by atoms with Gasteiger partial charge in [0.25, 0.3) is 10.2 Å². The lowest BCUT2D eigenvalue weighted by atomic mass is 10.4. The largest absolute Gasteiger partial charge is 0.402 e. The Bertz CT molecular complexity index is 344. The predicted octanol–water partition coefficient (Wildman–Crippen LogP) is 0.184. The van der Waals surface area contributed by atoms with Gasteiger partial charge in [-0.1, -0.05) is 0 Å². The van der Waals surface area contributed by atoms with Crippen LogP contribution >= 0.6 is 0 Å². The Hall–Kier alpha value is -0.380. The molecule has 0 unspecified atom stereocenters. The molecule has 102 valence electrons. The molecule has 0 aromatic rings. The van der Waals surface area contributed by atoms with Crippen molar-refractivity contribution in [2.45, 2.75) is 19.0 Å². The maximum Gasteiger partial charge on any atom is 0.402 e. The third kappa shape index (κ3) is 4.09. The first-order valence-corrected chi connectivity index (χ1v) is 6.60. The third-order valence-corrected chi connectivity index (χ3v) is 4.37. The topological polar surface area (TPSA) is 60.9 Å². The van der Waals surface area contributed by atoms with Crippen molar-refractivity contribution in [2.24, 2.45) is 0 Å². The van der Waals surface area contributed by atoms with Crippen molar-refractivity contribution in [3.05, 3.63) is 0 Å². The first-order valence-electron chi connectivity index (χ1n) is 5.20. The van der Waals surface area contributed by atoms with Crippen LogP contribution in [0.2, 0.25) is 0 Å². The third-order valence-electron chi connectivity index (χ3n) is 2.39. The quantitative estimate of drug-likeness (QED) is 0.797. The maximum absolute atomic E-state index is 12.2. The summed E-state index contributed by atoms with van der Waals surface area (Å²) < 4.78 is 61.6. The summed E-state index contributed by atoms with van der Waals surface area (Å²) in [6.45, 7) is -1.50. The van der Waals surface area contributed by atoms with Crippen molar-refractivity contribution in [3.8, 4) is 0 Å². The molecule has 0 spiro atoms. The van der Waals surface area contributed by atoms with Crippen molar-refractivity contribution in [3.63, 3.8) is 0 Å². The van der Waals surface area contributed by atoms with E-state index in [1.165, 1.54) is 0 Å². The van der Waals surface area contributed by atoms with Crippen LogP contribution in [0.25, 0.3) is 0 Å². The van der Waals surface area contributed by atoms with Crippen molar-refractivity contribution < 1.29 is 26.7 Å². The van der Waals surface area contributed by atoms with Crippen LogP contribution in [0.5, 0.6) is 0 Å². The molecule has 1 saturated heterocycles. The van der Waals surface area contributed by atoms with E-state index >= 15 is 0 Å². The van der Waals surface area contributed by atoms with Crippen LogP contribution in [-0.4, -0.2) is 61.1 Å². The molecule has 9 heteroatoms. The van der Waals surface area contributed by atoms with Gasteiger partial charge in [-0.15, -0.1) is 0 Å². The Kier molecular flexibility index (Phi) is 4.76. The van der Waals surface area contributed by atoms with Gasteiger partial charge in [-0.05, 0) is 12.8 Å². The van der Waals surface area contributed by atoms with Gasteiger partial charge < -0.3 is 5.11 Å². The summed E-state index contributed by atoms with van der Waals surface area (Å²) in [5.74, 6) is 0. The number of aliphatic hydroxyl groups is 1. The van der Waals surface area contributed by atoms with Gasteiger partial charge in [-0.25, -0.2) is 0 Å². The first-order chi connectivity index (χ1) is 7.77. The van der Waals surface area contributed by atoms with Crippen molar-refractivity contribution in [2.75, 3.05) is 32.8 Å². The highest BCUT2D eigenvalue weighted by Crippen LogP contribution is 2.23. The molecule has 5 nitrogen and oxygen atoms in total. The predicted molar refractivity (Wildman–Crippen MR) is 54.4 cm³/mol. The molecule has 1 aliphatic heterocycles. The van der Waals surface area contributed by atoms with Crippen LogP contribution in [0.3, 0.4) is 0 Å². The molecular weight excluding hydrogens is 261 g/mol. The molecule has 0 saturated carbocycles. The van der Waals surface area contributed by atoms with E-state index < -0.39 is 22.9 Å². The molecule has 1 heterocycles. The lowest BCUT2D eigenvalue weighted by Crippen LogP contribution is -2.52. The second kappa shape index (κ2) is 5.51. The number of nitrogens with zero attached hydrogens (tertiary/aromatic N) is 2. The normalized spacial score (nSPS) is 22.8. The Morgan fingerprint density at radius 1 is 1.18 bits per heavy atom. The van der Waals surface area contributed by atoms with E-state index in [0.29, 0.717) is 10.7 Å². The second-order valence-electron chi connectivity index (χ2n) is 3.79. The fraction of sp³-hybridized carbons (Fsp3) is 1.00. The summed E-state index contributed by atoms with van der Waals surface area (Å²) in [6, 6.07) is 0. The lowest BCUT2D eigenvalue weighted by Gasteiger charge is -2.34. The smallest absolute Gasteiger partial charge is 0.396 e. The molecule has 1 fully saturated rings. The Balaban J connectivity index is 2.73. The maximum atomic E-state index is 12.2. The highest BCUT2D eigenvalue weighted by atomic mass is 32.2. The fourth-order valence-corrected chi connectivity index (χ4v) is 3.37. The molecule has 0 aromatic carbocycles. The minimum absolute atomic E-state index is 0.0488. The summed E-state index contributed by atoms with van der Waals surface area (Å²) in [5, 5.41) is 8.60. The van der Waals surface area contributed by atoms with Crippen LogP contribution < -0.4 is 0 Å². The monoisotopic (exact) mass is 276 g/mol. The van der Waals surface area contributed by atoms with E-state index in [4.69, 9.17) is 5.11 Å². The second-order valence-corrected chi connectivity index (χ2v) is 5.71.